The van der Waals surface area contributed by atoms with Crippen LogP contribution in [-0.4, -0.2) is 0 Å². The minimum atomic E-state index is 0.924. The molecule has 0 spiro atoms. The molecule has 0 N–H and O–H groups in total. The second-order valence-electron chi connectivity index (χ2n) is 3.77. The number of hydrogen-bond donors (Lipinski definition) is 0. The van der Waals surface area contributed by atoms with E-state index in [-0.39, 0.29) is 0 Å². The largest absolute Gasteiger partial charge is 0.0985 e. The Kier molecular flexibility index (Phi) is 3.30. The molecule has 0 heterocycles. The third-order valence-corrected chi connectivity index (χ3v) is 2.55. The van der Waals surface area contributed by atoms with Crippen molar-refractivity contribution >= 4 is 0 Å². The van der Waals surface area contributed by atoms with Crippen LogP contribution in [0.1, 0.15) is 26.2 Å². The Morgan fingerprint density at radius 2 is 1.92 bits per heavy atom. The molecule has 13 heavy (non-hydrogen) atoms. The summed E-state index contributed by atoms with van der Waals surface area (Å²) in [6, 6.07) is 0. The van der Waals surface area contributed by atoms with Crippen molar-refractivity contribution < 1.29 is 0 Å². The Hall–Kier alpha value is -1.04. The Labute approximate surface area is 81.4 Å². The van der Waals surface area contributed by atoms with Gasteiger partial charge in [0.1, 0.15) is 0 Å². The van der Waals surface area contributed by atoms with E-state index in [4.69, 9.17) is 0 Å². The summed E-state index contributed by atoms with van der Waals surface area (Å²) in [7, 11) is 0. The van der Waals surface area contributed by atoms with E-state index in [0.717, 1.165) is 11.5 Å². The minimum absolute atomic E-state index is 0.924. The molecule has 0 unspecified atom stereocenters. The number of allylic oxidation sites excluding steroid dienone is 5. The fraction of sp³-hybridized carbons (Fsp3) is 0.385. The lowest BCUT2D eigenvalue weighted by atomic mass is 9.98. The molecule has 1 aliphatic rings. The molecule has 1 fully saturated rings. The molecule has 1 rings (SSSR count). The van der Waals surface area contributed by atoms with Gasteiger partial charge in [0.25, 0.3) is 0 Å². The first kappa shape index (κ1) is 10.0. The van der Waals surface area contributed by atoms with Gasteiger partial charge in [-0.25, -0.2) is 0 Å². The summed E-state index contributed by atoms with van der Waals surface area (Å²) in [6.45, 7) is 13.7. The fourth-order valence-corrected chi connectivity index (χ4v) is 1.55. The van der Waals surface area contributed by atoms with E-state index >= 15 is 0 Å². The van der Waals surface area contributed by atoms with E-state index in [1.54, 1.807) is 6.08 Å². The van der Waals surface area contributed by atoms with Crippen LogP contribution in [0.4, 0.5) is 0 Å². The molecule has 0 aromatic heterocycles. The Balaban J connectivity index is 2.74. The highest BCUT2D eigenvalue weighted by atomic mass is 14.3. The molecule has 0 nitrogen and oxygen atoms in total. The van der Waals surface area contributed by atoms with Crippen LogP contribution in [0.2, 0.25) is 0 Å². The third kappa shape index (κ3) is 2.73. The van der Waals surface area contributed by atoms with Gasteiger partial charge in [-0.15, -0.1) is 0 Å². The predicted octanol–water partition coefficient (Wildman–Crippen LogP) is 4.03. The highest BCUT2D eigenvalue weighted by Crippen LogP contribution is 2.36. The van der Waals surface area contributed by atoms with Crippen molar-refractivity contribution in [2.75, 3.05) is 0 Å². The highest BCUT2D eigenvalue weighted by Gasteiger charge is 2.21. The molecular weight excluding hydrogens is 156 g/mol. The molecule has 0 heteroatoms. The Morgan fingerprint density at radius 1 is 1.31 bits per heavy atom. The van der Waals surface area contributed by atoms with Crippen LogP contribution in [0, 0.1) is 5.92 Å². The smallest absolute Gasteiger partial charge is 0.0207 e. The third-order valence-electron chi connectivity index (χ3n) is 2.55. The first-order valence-corrected chi connectivity index (χ1v) is 4.83. The highest BCUT2D eigenvalue weighted by molar-refractivity contribution is 5.46. The lowest BCUT2D eigenvalue weighted by molar-refractivity contribution is 0.815. The molecule has 0 aliphatic heterocycles. The molecule has 0 aromatic carbocycles. The maximum absolute atomic E-state index is 3.95. The van der Waals surface area contributed by atoms with Gasteiger partial charge in [-0.2, -0.15) is 0 Å². The number of hydrogen-bond acceptors (Lipinski definition) is 0. The normalized spacial score (nSPS) is 17.6. The first-order chi connectivity index (χ1) is 6.19. The van der Waals surface area contributed by atoms with Gasteiger partial charge in [-0.1, -0.05) is 37.5 Å². The van der Waals surface area contributed by atoms with Gasteiger partial charge in [0.05, 0.1) is 0 Å². The number of rotatable bonds is 5. The van der Waals surface area contributed by atoms with Crippen LogP contribution in [0.25, 0.3) is 0 Å². The zero-order valence-electron chi connectivity index (χ0n) is 8.47. The van der Waals surface area contributed by atoms with E-state index in [0.29, 0.717) is 0 Å². The molecule has 70 valence electrons. The summed E-state index contributed by atoms with van der Waals surface area (Å²) < 4.78 is 0. The van der Waals surface area contributed by atoms with Gasteiger partial charge < -0.3 is 0 Å². The van der Waals surface area contributed by atoms with Crippen molar-refractivity contribution in [1.82, 2.24) is 0 Å². The summed E-state index contributed by atoms with van der Waals surface area (Å²) in [5, 5.41) is 0. The zero-order valence-corrected chi connectivity index (χ0v) is 8.47. The van der Waals surface area contributed by atoms with Crippen molar-refractivity contribution in [3.8, 4) is 0 Å². The average Bonchev–Trinajstić information content (AvgIpc) is 2.89. The maximum atomic E-state index is 3.95. The van der Waals surface area contributed by atoms with E-state index in [2.05, 4.69) is 26.7 Å². The fourth-order valence-electron chi connectivity index (χ4n) is 1.55. The predicted molar refractivity (Wildman–Crippen MR) is 59.6 cm³/mol. The molecule has 1 aliphatic carbocycles. The van der Waals surface area contributed by atoms with Crippen LogP contribution in [-0.2, 0) is 0 Å². The van der Waals surface area contributed by atoms with Crippen LogP contribution in [0.5, 0.6) is 0 Å². The maximum Gasteiger partial charge on any atom is -0.0207 e. The second-order valence-corrected chi connectivity index (χ2v) is 3.77. The van der Waals surface area contributed by atoms with E-state index < -0.39 is 0 Å². The van der Waals surface area contributed by atoms with Gasteiger partial charge in [-0.05, 0) is 43.3 Å². The molecule has 0 amide bonds. The van der Waals surface area contributed by atoms with Crippen molar-refractivity contribution in [1.29, 1.82) is 0 Å². The van der Waals surface area contributed by atoms with Crippen molar-refractivity contribution in [2.45, 2.75) is 26.2 Å². The summed E-state index contributed by atoms with van der Waals surface area (Å²) in [4.78, 5) is 0. The van der Waals surface area contributed by atoms with Crippen LogP contribution in [0.3, 0.4) is 0 Å². The summed E-state index contributed by atoms with van der Waals surface area (Å²) in [6.07, 6.45) is 7.67. The van der Waals surface area contributed by atoms with Gasteiger partial charge >= 0.3 is 0 Å². The topological polar surface area (TPSA) is 0 Å². The van der Waals surface area contributed by atoms with Crippen LogP contribution < -0.4 is 0 Å². The summed E-state index contributed by atoms with van der Waals surface area (Å²) in [5.74, 6) is 0.924. The van der Waals surface area contributed by atoms with Gasteiger partial charge in [-0.3, -0.25) is 0 Å². The molecular formula is C13H18. The van der Waals surface area contributed by atoms with Crippen molar-refractivity contribution in [3.05, 3.63) is 48.6 Å². The Morgan fingerprint density at radius 3 is 2.31 bits per heavy atom. The Bertz CT molecular complexity index is 262. The minimum Gasteiger partial charge on any atom is -0.0985 e. The second kappa shape index (κ2) is 4.27. The monoisotopic (exact) mass is 174 g/mol. The van der Waals surface area contributed by atoms with E-state index in [1.165, 1.54) is 30.4 Å². The van der Waals surface area contributed by atoms with E-state index in [9.17, 15) is 0 Å². The molecule has 0 saturated heterocycles. The van der Waals surface area contributed by atoms with Crippen molar-refractivity contribution in [2.24, 2.45) is 5.92 Å². The summed E-state index contributed by atoms with van der Waals surface area (Å²) in [5.41, 5.74) is 3.58. The van der Waals surface area contributed by atoms with Crippen LogP contribution in [0.15, 0.2) is 48.6 Å². The van der Waals surface area contributed by atoms with Gasteiger partial charge in [0.15, 0.2) is 0 Å². The van der Waals surface area contributed by atoms with Crippen molar-refractivity contribution in [3.63, 3.8) is 0 Å². The molecule has 0 radical (unpaired) electrons. The van der Waals surface area contributed by atoms with Gasteiger partial charge in [0, 0.05) is 0 Å². The first-order valence-electron chi connectivity index (χ1n) is 4.83. The standard InChI is InChI=1S/C13H18/c1-5-10(3)13(6-2)11(4)9-12-7-8-12/h5-6,12H,1-3,7-9H2,4H3/b13-11-. The molecule has 0 atom stereocenters. The van der Waals surface area contributed by atoms with Gasteiger partial charge in [0.2, 0.25) is 0 Å². The summed E-state index contributed by atoms with van der Waals surface area (Å²) >= 11 is 0. The quantitative estimate of drug-likeness (QED) is 0.552. The SMILES string of the molecule is C=CC(=C)/C(C=C)=C(/C)CC1CC1. The molecule has 1 saturated carbocycles. The average molecular weight is 174 g/mol. The zero-order chi connectivity index (χ0) is 9.84. The lowest BCUT2D eigenvalue weighted by Gasteiger charge is -2.07. The molecule has 0 aromatic rings. The molecule has 0 bridgehead atoms. The lowest BCUT2D eigenvalue weighted by Crippen LogP contribution is -1.89. The van der Waals surface area contributed by atoms with E-state index in [1.807, 2.05) is 6.08 Å². The van der Waals surface area contributed by atoms with Crippen LogP contribution >= 0.6 is 0 Å².